The molecule has 8 heavy (non-hydrogen) atoms. The van der Waals surface area contributed by atoms with Gasteiger partial charge in [0.1, 0.15) is 0 Å². The molecule has 0 amide bonds. The highest BCUT2D eigenvalue weighted by Gasteiger charge is 1.95. The Bertz CT molecular complexity index is 150. The van der Waals surface area contributed by atoms with Crippen LogP contribution in [0.3, 0.4) is 0 Å². The first-order chi connectivity index (χ1) is 3.66. The van der Waals surface area contributed by atoms with Crippen molar-refractivity contribution in [2.24, 2.45) is 0 Å². The van der Waals surface area contributed by atoms with E-state index in [9.17, 15) is 4.79 Å². The molecule has 0 saturated carbocycles. The number of hydrogen-bond acceptors (Lipinski definition) is 1. The van der Waals surface area contributed by atoms with Gasteiger partial charge in [0.15, 0.2) is 0 Å². The third-order valence-corrected chi connectivity index (χ3v) is 0.569. The van der Waals surface area contributed by atoms with Gasteiger partial charge in [-0.1, -0.05) is 12.5 Å². The Morgan fingerprint density at radius 3 is 2.50 bits per heavy atom. The second-order valence-electron chi connectivity index (χ2n) is 1.32. The number of hydrogen-bond donors (Lipinski definition) is 1. The molecular weight excluding hydrogens is 104 g/mol. The molecular formula is C6H6O2. The average molecular weight is 110 g/mol. The van der Waals surface area contributed by atoms with Crippen molar-refractivity contribution in [1.29, 1.82) is 0 Å². The molecule has 0 bridgehead atoms. The summed E-state index contributed by atoms with van der Waals surface area (Å²) in [5.74, 6) is 1.18. The molecule has 0 aliphatic carbocycles. The van der Waals surface area contributed by atoms with Crippen molar-refractivity contribution < 1.29 is 9.90 Å². The summed E-state index contributed by atoms with van der Waals surface area (Å²) < 4.78 is 0. The summed E-state index contributed by atoms with van der Waals surface area (Å²) in [5, 5.41) is 8.06. The number of terminal acetylenes is 1. The van der Waals surface area contributed by atoms with Gasteiger partial charge in [-0.3, -0.25) is 4.79 Å². The summed E-state index contributed by atoms with van der Waals surface area (Å²) in [6, 6.07) is 0. The maximum absolute atomic E-state index is 9.81. The molecule has 0 atom stereocenters. The fraction of sp³-hybridized carbons (Fsp3) is 0.167. The van der Waals surface area contributed by atoms with Crippen LogP contribution in [0.5, 0.6) is 0 Å². The van der Waals surface area contributed by atoms with Crippen molar-refractivity contribution in [1.82, 2.24) is 0 Å². The topological polar surface area (TPSA) is 37.3 Å². The van der Waals surface area contributed by atoms with Crippen LogP contribution in [0.25, 0.3) is 0 Å². The lowest BCUT2D eigenvalue weighted by Gasteiger charge is -1.86. The Morgan fingerprint density at radius 2 is 2.38 bits per heavy atom. The number of aliphatic carboxylic acids is 1. The molecule has 0 aromatic carbocycles. The first-order valence-electron chi connectivity index (χ1n) is 2.03. The molecule has 0 rings (SSSR count). The smallest absolute Gasteiger partial charge is 0.308 e. The first kappa shape index (κ1) is 6.77. The molecule has 0 fully saturated rings. The Kier molecular flexibility index (Phi) is 2.42. The van der Waals surface area contributed by atoms with Gasteiger partial charge in [-0.2, -0.15) is 0 Å². The van der Waals surface area contributed by atoms with E-state index in [0.717, 1.165) is 0 Å². The van der Waals surface area contributed by atoms with Gasteiger partial charge in [0.2, 0.25) is 0 Å². The Balaban J connectivity index is 3.61. The molecule has 0 aliphatic rings. The van der Waals surface area contributed by atoms with Gasteiger partial charge in [0.25, 0.3) is 0 Å². The molecule has 0 spiro atoms. The van der Waals surface area contributed by atoms with Gasteiger partial charge in [-0.15, -0.1) is 6.42 Å². The van der Waals surface area contributed by atoms with E-state index in [1.807, 2.05) is 0 Å². The number of carboxylic acids is 1. The molecule has 0 aromatic heterocycles. The molecule has 0 aliphatic heterocycles. The number of carbonyl (C=O) groups is 1. The van der Waals surface area contributed by atoms with Crippen LogP contribution in [0.2, 0.25) is 0 Å². The SMILES string of the molecule is C#CC(=C)CC(=O)O. The Labute approximate surface area is 47.8 Å². The largest absolute Gasteiger partial charge is 0.481 e. The van der Waals surface area contributed by atoms with Crippen LogP contribution < -0.4 is 0 Å². The van der Waals surface area contributed by atoms with Crippen molar-refractivity contribution in [3.63, 3.8) is 0 Å². The monoisotopic (exact) mass is 110 g/mol. The maximum Gasteiger partial charge on any atom is 0.308 e. The van der Waals surface area contributed by atoms with Gasteiger partial charge in [0.05, 0.1) is 6.42 Å². The van der Waals surface area contributed by atoms with Crippen LogP contribution in [-0.4, -0.2) is 11.1 Å². The van der Waals surface area contributed by atoms with Gasteiger partial charge in [0, 0.05) is 5.57 Å². The third-order valence-electron chi connectivity index (χ3n) is 0.569. The van der Waals surface area contributed by atoms with Crippen LogP contribution in [0.1, 0.15) is 6.42 Å². The average Bonchev–Trinajstić information content (AvgIpc) is 1.65. The molecule has 1 N–H and O–H groups in total. The second-order valence-corrected chi connectivity index (χ2v) is 1.32. The fourth-order valence-electron chi connectivity index (χ4n) is 0.234. The van der Waals surface area contributed by atoms with Crippen molar-refractivity contribution >= 4 is 5.97 Å². The predicted molar refractivity (Wildman–Crippen MR) is 30.2 cm³/mol. The number of rotatable bonds is 2. The van der Waals surface area contributed by atoms with Crippen LogP contribution >= 0.6 is 0 Å². The minimum absolute atomic E-state index is 0.128. The van der Waals surface area contributed by atoms with E-state index in [1.165, 1.54) is 0 Å². The van der Waals surface area contributed by atoms with E-state index < -0.39 is 5.97 Å². The highest BCUT2D eigenvalue weighted by atomic mass is 16.4. The molecule has 0 aromatic rings. The Morgan fingerprint density at radius 1 is 1.88 bits per heavy atom. The minimum atomic E-state index is -0.937. The highest BCUT2D eigenvalue weighted by molar-refractivity contribution is 5.71. The lowest BCUT2D eigenvalue weighted by Crippen LogP contribution is -1.93. The van der Waals surface area contributed by atoms with Crippen LogP contribution in [0.4, 0.5) is 0 Å². The van der Waals surface area contributed by atoms with Crippen LogP contribution in [0, 0.1) is 12.3 Å². The van der Waals surface area contributed by atoms with E-state index in [1.54, 1.807) is 0 Å². The Hall–Kier alpha value is -1.23. The van der Waals surface area contributed by atoms with E-state index in [-0.39, 0.29) is 6.42 Å². The predicted octanol–water partition coefficient (Wildman–Crippen LogP) is 0.650. The van der Waals surface area contributed by atoms with Crippen molar-refractivity contribution in [2.45, 2.75) is 6.42 Å². The summed E-state index contributed by atoms with van der Waals surface area (Å²) in [4.78, 5) is 9.81. The first-order valence-corrected chi connectivity index (χ1v) is 2.03. The van der Waals surface area contributed by atoms with Crippen molar-refractivity contribution in [3.8, 4) is 12.3 Å². The molecule has 0 unspecified atom stereocenters. The minimum Gasteiger partial charge on any atom is -0.481 e. The van der Waals surface area contributed by atoms with Gasteiger partial charge >= 0.3 is 5.97 Å². The summed E-state index contributed by atoms with van der Waals surface area (Å²) in [6.45, 7) is 3.30. The highest BCUT2D eigenvalue weighted by Crippen LogP contribution is 1.92. The summed E-state index contributed by atoms with van der Waals surface area (Å²) >= 11 is 0. The zero-order valence-corrected chi connectivity index (χ0v) is 4.35. The lowest BCUT2D eigenvalue weighted by molar-refractivity contribution is -0.136. The van der Waals surface area contributed by atoms with Gasteiger partial charge in [-0.05, 0) is 0 Å². The summed E-state index contributed by atoms with van der Waals surface area (Å²) in [7, 11) is 0. The van der Waals surface area contributed by atoms with E-state index >= 15 is 0 Å². The van der Waals surface area contributed by atoms with Crippen LogP contribution in [0.15, 0.2) is 12.2 Å². The normalized spacial score (nSPS) is 7.38. The zero-order chi connectivity index (χ0) is 6.57. The molecule has 42 valence electrons. The van der Waals surface area contributed by atoms with Gasteiger partial charge in [-0.25, -0.2) is 0 Å². The fourth-order valence-corrected chi connectivity index (χ4v) is 0.234. The quantitative estimate of drug-likeness (QED) is 0.530. The molecule has 0 saturated heterocycles. The maximum atomic E-state index is 9.81. The molecule has 0 radical (unpaired) electrons. The molecule has 2 heteroatoms. The van der Waals surface area contributed by atoms with Gasteiger partial charge < -0.3 is 5.11 Å². The standard InChI is InChI=1S/C6H6O2/c1-3-5(2)4-6(7)8/h1H,2,4H2,(H,7,8). The zero-order valence-electron chi connectivity index (χ0n) is 4.35. The van der Waals surface area contributed by atoms with Crippen LogP contribution in [-0.2, 0) is 4.79 Å². The van der Waals surface area contributed by atoms with E-state index in [4.69, 9.17) is 11.5 Å². The van der Waals surface area contributed by atoms with E-state index in [0.29, 0.717) is 5.57 Å². The van der Waals surface area contributed by atoms with E-state index in [2.05, 4.69) is 12.5 Å². The summed E-state index contributed by atoms with van der Waals surface area (Å²) in [6.07, 6.45) is 4.68. The van der Waals surface area contributed by atoms with Crippen molar-refractivity contribution in [2.75, 3.05) is 0 Å². The molecule has 2 nitrogen and oxygen atoms in total. The number of carboxylic acid groups (broad SMARTS) is 1. The van der Waals surface area contributed by atoms with Crippen molar-refractivity contribution in [3.05, 3.63) is 12.2 Å². The lowest BCUT2D eigenvalue weighted by atomic mass is 10.2. The second kappa shape index (κ2) is 2.86. The summed E-state index contributed by atoms with van der Waals surface area (Å²) in [5.41, 5.74) is 0.303. The third kappa shape index (κ3) is 2.98. The molecule has 0 heterocycles.